The Kier molecular flexibility index (Phi) is 6.82. The SMILES string of the molecule is C=CC[N+]1=C(N2CCOCC2)CCCCC1.[Br-]. The normalized spacial score (nSPS) is 21.8. The zero-order valence-corrected chi connectivity index (χ0v) is 12.1. The summed E-state index contributed by atoms with van der Waals surface area (Å²) in [5.41, 5.74) is 0. The number of morpholine rings is 1. The van der Waals surface area contributed by atoms with E-state index in [9.17, 15) is 0 Å². The lowest BCUT2D eigenvalue weighted by atomic mass is 10.2. The van der Waals surface area contributed by atoms with Crippen molar-refractivity contribution in [1.29, 1.82) is 0 Å². The topological polar surface area (TPSA) is 15.5 Å². The fraction of sp³-hybridized carbons (Fsp3) is 0.769. The van der Waals surface area contributed by atoms with E-state index in [4.69, 9.17) is 4.74 Å². The van der Waals surface area contributed by atoms with E-state index < -0.39 is 0 Å². The number of hydrogen-bond acceptors (Lipinski definition) is 2. The first-order valence-corrected chi connectivity index (χ1v) is 6.46. The Morgan fingerprint density at radius 3 is 2.71 bits per heavy atom. The molecule has 0 N–H and O–H groups in total. The third-order valence-electron chi connectivity index (χ3n) is 3.42. The fourth-order valence-electron chi connectivity index (χ4n) is 2.58. The highest BCUT2D eigenvalue weighted by Crippen LogP contribution is 2.12. The lowest BCUT2D eigenvalue weighted by molar-refractivity contribution is -0.523. The Balaban J connectivity index is 0.00000144. The third-order valence-corrected chi connectivity index (χ3v) is 3.42. The van der Waals surface area contributed by atoms with Crippen molar-refractivity contribution < 1.29 is 26.3 Å². The highest BCUT2D eigenvalue weighted by atomic mass is 79.9. The van der Waals surface area contributed by atoms with Gasteiger partial charge in [-0.2, -0.15) is 0 Å². The third kappa shape index (κ3) is 4.11. The zero-order chi connectivity index (χ0) is 11.2. The molecule has 0 radical (unpaired) electrons. The van der Waals surface area contributed by atoms with Gasteiger partial charge in [-0.1, -0.05) is 12.7 Å². The average molecular weight is 303 g/mol. The average Bonchev–Trinajstić information content (AvgIpc) is 2.56. The summed E-state index contributed by atoms with van der Waals surface area (Å²) in [6.07, 6.45) is 7.27. The molecule has 0 aromatic carbocycles. The Hall–Kier alpha value is -0.350. The minimum atomic E-state index is 0. The van der Waals surface area contributed by atoms with E-state index in [0.717, 1.165) is 32.8 Å². The summed E-state index contributed by atoms with van der Waals surface area (Å²) in [6, 6.07) is 0. The molecule has 2 rings (SSSR count). The van der Waals surface area contributed by atoms with Gasteiger partial charge in [0.05, 0.1) is 19.8 Å². The summed E-state index contributed by atoms with van der Waals surface area (Å²) < 4.78 is 7.93. The van der Waals surface area contributed by atoms with Gasteiger partial charge in [-0.15, -0.1) is 0 Å². The van der Waals surface area contributed by atoms with Gasteiger partial charge < -0.3 is 21.7 Å². The van der Waals surface area contributed by atoms with Gasteiger partial charge in [-0.3, -0.25) is 9.48 Å². The molecule has 3 nitrogen and oxygen atoms in total. The van der Waals surface area contributed by atoms with E-state index >= 15 is 0 Å². The van der Waals surface area contributed by atoms with Crippen molar-refractivity contribution in [2.45, 2.75) is 25.7 Å². The minimum absolute atomic E-state index is 0. The van der Waals surface area contributed by atoms with Crippen molar-refractivity contribution in [3.05, 3.63) is 12.7 Å². The molecule has 0 aromatic rings. The van der Waals surface area contributed by atoms with E-state index in [1.165, 1.54) is 38.1 Å². The molecule has 2 aliphatic heterocycles. The smallest absolute Gasteiger partial charge is 0.247 e. The minimum Gasteiger partial charge on any atom is -1.00 e. The van der Waals surface area contributed by atoms with E-state index in [-0.39, 0.29) is 17.0 Å². The molecule has 4 heteroatoms. The molecule has 0 bridgehead atoms. The molecule has 2 aliphatic rings. The van der Waals surface area contributed by atoms with Gasteiger partial charge in [-0.25, -0.2) is 0 Å². The van der Waals surface area contributed by atoms with Crippen LogP contribution in [0.2, 0.25) is 0 Å². The van der Waals surface area contributed by atoms with Crippen LogP contribution in [0, 0.1) is 0 Å². The van der Waals surface area contributed by atoms with Crippen molar-refractivity contribution in [1.82, 2.24) is 4.90 Å². The summed E-state index contributed by atoms with van der Waals surface area (Å²) >= 11 is 0. The summed E-state index contributed by atoms with van der Waals surface area (Å²) in [7, 11) is 0. The van der Waals surface area contributed by atoms with Crippen molar-refractivity contribution in [2.75, 3.05) is 39.4 Å². The molecule has 0 aliphatic carbocycles. The molecule has 0 spiro atoms. The molecule has 2 heterocycles. The van der Waals surface area contributed by atoms with Gasteiger partial charge in [0.2, 0.25) is 5.84 Å². The maximum absolute atomic E-state index is 5.42. The number of nitrogens with zero attached hydrogens (tertiary/aromatic N) is 2. The molecular weight excluding hydrogens is 280 g/mol. The fourth-order valence-corrected chi connectivity index (χ4v) is 2.58. The molecule has 0 saturated carbocycles. The number of rotatable bonds is 2. The van der Waals surface area contributed by atoms with Crippen LogP contribution < -0.4 is 17.0 Å². The molecule has 1 saturated heterocycles. The van der Waals surface area contributed by atoms with Crippen LogP contribution in [0.1, 0.15) is 25.7 Å². The number of hydrogen-bond donors (Lipinski definition) is 0. The molecule has 0 amide bonds. The standard InChI is InChI=1S/C13H23N2O.BrH/c1-2-7-14-8-5-3-4-6-13(14)15-9-11-16-12-10-15;/h2H,1,3-12H2;1H/q+1;/p-1. The highest BCUT2D eigenvalue weighted by Gasteiger charge is 2.25. The van der Waals surface area contributed by atoms with Gasteiger partial charge in [0.25, 0.3) is 0 Å². The number of ether oxygens (including phenoxy) is 1. The van der Waals surface area contributed by atoms with E-state index in [1.54, 1.807) is 0 Å². The first kappa shape index (κ1) is 14.7. The second kappa shape index (κ2) is 7.88. The van der Waals surface area contributed by atoms with Crippen LogP contribution in [0.25, 0.3) is 0 Å². The Bertz CT molecular complexity index is 273. The summed E-state index contributed by atoms with van der Waals surface area (Å²) in [4.78, 5) is 2.51. The van der Waals surface area contributed by atoms with Gasteiger partial charge >= 0.3 is 0 Å². The highest BCUT2D eigenvalue weighted by molar-refractivity contribution is 5.77. The Labute approximate surface area is 115 Å². The van der Waals surface area contributed by atoms with Crippen molar-refractivity contribution in [3.63, 3.8) is 0 Å². The largest absolute Gasteiger partial charge is 1.00 e. The molecular formula is C13H23BrN2O. The van der Waals surface area contributed by atoms with Crippen LogP contribution in [0.15, 0.2) is 12.7 Å². The monoisotopic (exact) mass is 302 g/mol. The molecule has 0 atom stereocenters. The molecule has 1 fully saturated rings. The van der Waals surface area contributed by atoms with Crippen LogP contribution in [-0.4, -0.2) is 54.7 Å². The molecule has 0 unspecified atom stereocenters. The van der Waals surface area contributed by atoms with Crippen LogP contribution >= 0.6 is 0 Å². The van der Waals surface area contributed by atoms with Crippen molar-refractivity contribution in [2.24, 2.45) is 0 Å². The lowest BCUT2D eigenvalue weighted by Crippen LogP contribution is -3.00. The van der Waals surface area contributed by atoms with Gasteiger partial charge in [0.1, 0.15) is 19.6 Å². The first-order valence-electron chi connectivity index (χ1n) is 6.46. The van der Waals surface area contributed by atoms with Crippen LogP contribution in [0.5, 0.6) is 0 Å². The second-order valence-corrected chi connectivity index (χ2v) is 4.56. The predicted molar refractivity (Wildman–Crippen MR) is 66.1 cm³/mol. The zero-order valence-electron chi connectivity index (χ0n) is 10.5. The summed E-state index contributed by atoms with van der Waals surface area (Å²) in [6.45, 7) is 9.93. The van der Waals surface area contributed by atoms with Crippen LogP contribution in [0.4, 0.5) is 0 Å². The van der Waals surface area contributed by atoms with E-state index in [2.05, 4.69) is 16.1 Å². The van der Waals surface area contributed by atoms with Gasteiger partial charge in [0.15, 0.2) is 0 Å². The van der Waals surface area contributed by atoms with Gasteiger partial charge in [-0.05, 0) is 19.3 Å². The summed E-state index contributed by atoms with van der Waals surface area (Å²) in [5, 5.41) is 0. The molecule has 17 heavy (non-hydrogen) atoms. The maximum Gasteiger partial charge on any atom is 0.247 e. The van der Waals surface area contributed by atoms with Crippen LogP contribution in [-0.2, 0) is 4.74 Å². The molecule has 98 valence electrons. The van der Waals surface area contributed by atoms with E-state index in [1.807, 2.05) is 6.08 Å². The number of halogens is 1. The van der Waals surface area contributed by atoms with Crippen LogP contribution in [0.3, 0.4) is 0 Å². The molecule has 0 aromatic heterocycles. The van der Waals surface area contributed by atoms with Gasteiger partial charge in [0, 0.05) is 6.42 Å². The first-order chi connectivity index (χ1) is 7.92. The predicted octanol–water partition coefficient (Wildman–Crippen LogP) is -1.51. The quantitative estimate of drug-likeness (QED) is 0.455. The summed E-state index contributed by atoms with van der Waals surface area (Å²) in [5.74, 6) is 1.53. The number of amidine groups is 1. The Morgan fingerprint density at radius 2 is 2.00 bits per heavy atom. The van der Waals surface area contributed by atoms with E-state index in [0.29, 0.717) is 0 Å². The second-order valence-electron chi connectivity index (χ2n) is 4.56. The van der Waals surface area contributed by atoms with Crippen molar-refractivity contribution in [3.8, 4) is 0 Å². The maximum atomic E-state index is 5.42. The Morgan fingerprint density at radius 1 is 1.24 bits per heavy atom. The van der Waals surface area contributed by atoms with Crippen molar-refractivity contribution >= 4 is 5.84 Å². The lowest BCUT2D eigenvalue weighted by Gasteiger charge is -2.25.